The number of aliphatic carboxylic acids is 1. The summed E-state index contributed by atoms with van der Waals surface area (Å²) in [6.45, 7) is 0. The molecule has 9 heteroatoms. The molecule has 0 bridgehead atoms. The van der Waals surface area contributed by atoms with Crippen LogP contribution in [0.25, 0.3) is 0 Å². The monoisotopic (exact) mass is 335 g/mol. The average Bonchev–Trinajstić information content (AvgIpc) is 2.37. The standard InChI is InChI=1S/C13H12F3NO4S/c1-2-4-10(8-12(18)19)17-22(20,21)11-6-3-5-9(7-11)13(14,15)16/h1,3,5-7,10,17H,4,8H2,(H,18,19). The summed E-state index contributed by atoms with van der Waals surface area (Å²) in [5, 5.41) is 8.68. The Balaban J connectivity index is 3.08. The smallest absolute Gasteiger partial charge is 0.416 e. The van der Waals surface area contributed by atoms with E-state index in [0.29, 0.717) is 6.07 Å². The van der Waals surface area contributed by atoms with Gasteiger partial charge in [0.15, 0.2) is 0 Å². The van der Waals surface area contributed by atoms with Crippen LogP contribution in [0.4, 0.5) is 13.2 Å². The van der Waals surface area contributed by atoms with Crippen LogP contribution in [-0.4, -0.2) is 25.5 Å². The summed E-state index contributed by atoms with van der Waals surface area (Å²) in [7, 11) is -4.32. The summed E-state index contributed by atoms with van der Waals surface area (Å²) in [6.07, 6.45) is -0.457. The Bertz CT molecular complexity index is 692. The Labute approximate surface area is 125 Å². The summed E-state index contributed by atoms with van der Waals surface area (Å²) in [5.41, 5.74) is -1.12. The van der Waals surface area contributed by atoms with Gasteiger partial charge in [-0.2, -0.15) is 13.2 Å². The molecule has 2 N–H and O–H groups in total. The van der Waals surface area contributed by atoms with E-state index in [0.717, 1.165) is 18.2 Å². The highest BCUT2D eigenvalue weighted by atomic mass is 32.2. The van der Waals surface area contributed by atoms with Gasteiger partial charge in [0.1, 0.15) is 0 Å². The third kappa shape index (κ3) is 5.05. The largest absolute Gasteiger partial charge is 0.481 e. The van der Waals surface area contributed by atoms with Gasteiger partial charge in [0.2, 0.25) is 10.0 Å². The molecule has 1 unspecified atom stereocenters. The first-order chi connectivity index (χ1) is 10.1. The van der Waals surface area contributed by atoms with E-state index in [4.69, 9.17) is 11.5 Å². The molecular weight excluding hydrogens is 323 g/mol. The van der Waals surface area contributed by atoms with Gasteiger partial charge < -0.3 is 5.11 Å². The average molecular weight is 335 g/mol. The van der Waals surface area contributed by atoms with Crippen LogP contribution >= 0.6 is 0 Å². The highest BCUT2D eigenvalue weighted by Gasteiger charge is 2.32. The van der Waals surface area contributed by atoms with E-state index < -0.39 is 45.1 Å². The molecule has 0 aliphatic rings. The molecule has 0 amide bonds. The Hall–Kier alpha value is -2.05. The van der Waals surface area contributed by atoms with Gasteiger partial charge in [-0.15, -0.1) is 12.3 Å². The Kier molecular flexibility index (Phi) is 5.57. The number of carboxylic acid groups (broad SMARTS) is 1. The predicted octanol–water partition coefficient (Wildman–Crippen LogP) is 1.85. The SMILES string of the molecule is C#CCC(CC(=O)O)NS(=O)(=O)c1cccc(C(F)(F)F)c1. The minimum atomic E-state index is -4.69. The number of nitrogens with one attached hydrogen (secondary N) is 1. The van der Waals surface area contributed by atoms with Gasteiger partial charge >= 0.3 is 12.1 Å². The van der Waals surface area contributed by atoms with Crippen molar-refractivity contribution in [3.63, 3.8) is 0 Å². The van der Waals surface area contributed by atoms with E-state index in [2.05, 4.69) is 5.92 Å². The fraction of sp³-hybridized carbons (Fsp3) is 0.308. The molecule has 1 atom stereocenters. The van der Waals surface area contributed by atoms with Crippen molar-refractivity contribution in [2.75, 3.05) is 0 Å². The lowest BCUT2D eigenvalue weighted by molar-refractivity contribution is -0.138. The van der Waals surface area contributed by atoms with E-state index >= 15 is 0 Å². The molecular formula is C13H12F3NO4S. The molecule has 0 saturated heterocycles. The molecule has 1 aromatic rings. The second-order valence-electron chi connectivity index (χ2n) is 4.35. The summed E-state index contributed by atoms with van der Waals surface area (Å²) >= 11 is 0. The number of carboxylic acids is 1. The van der Waals surface area contributed by atoms with E-state index in [1.807, 2.05) is 4.72 Å². The first-order valence-electron chi connectivity index (χ1n) is 5.91. The van der Waals surface area contributed by atoms with E-state index in [-0.39, 0.29) is 6.42 Å². The Morgan fingerprint density at radius 3 is 2.55 bits per heavy atom. The van der Waals surface area contributed by atoms with Crippen molar-refractivity contribution in [2.24, 2.45) is 0 Å². The molecule has 0 fully saturated rings. The second kappa shape index (κ2) is 6.81. The van der Waals surface area contributed by atoms with Crippen molar-refractivity contribution in [2.45, 2.75) is 30.0 Å². The number of carbonyl (C=O) groups is 1. The van der Waals surface area contributed by atoms with E-state index in [1.54, 1.807) is 0 Å². The van der Waals surface area contributed by atoms with Gasteiger partial charge in [-0.3, -0.25) is 4.79 Å². The molecule has 120 valence electrons. The normalized spacial score (nSPS) is 13.4. The highest BCUT2D eigenvalue weighted by Crippen LogP contribution is 2.30. The summed E-state index contributed by atoms with van der Waals surface area (Å²) in [5.74, 6) is 0.827. The van der Waals surface area contributed by atoms with Gasteiger partial charge in [0.05, 0.1) is 16.9 Å². The number of benzene rings is 1. The summed E-state index contributed by atoms with van der Waals surface area (Å²) < 4.78 is 63.9. The van der Waals surface area contributed by atoms with Gasteiger partial charge in [0.25, 0.3) is 0 Å². The molecule has 0 saturated carbocycles. The molecule has 0 aromatic heterocycles. The lowest BCUT2D eigenvalue weighted by Gasteiger charge is -2.15. The Morgan fingerprint density at radius 1 is 1.41 bits per heavy atom. The maximum Gasteiger partial charge on any atom is 0.416 e. The highest BCUT2D eigenvalue weighted by molar-refractivity contribution is 7.89. The lowest BCUT2D eigenvalue weighted by Crippen LogP contribution is -2.36. The summed E-state index contributed by atoms with van der Waals surface area (Å²) in [6, 6.07) is 2.02. The van der Waals surface area contributed by atoms with Gasteiger partial charge in [-0.05, 0) is 18.2 Å². The third-order valence-corrected chi connectivity index (χ3v) is 4.10. The van der Waals surface area contributed by atoms with Crippen molar-refractivity contribution in [1.29, 1.82) is 0 Å². The van der Waals surface area contributed by atoms with Crippen molar-refractivity contribution in [3.05, 3.63) is 29.8 Å². The molecule has 5 nitrogen and oxygen atoms in total. The number of hydrogen-bond acceptors (Lipinski definition) is 3. The summed E-state index contributed by atoms with van der Waals surface area (Å²) in [4.78, 5) is 10.0. The fourth-order valence-electron chi connectivity index (χ4n) is 1.64. The lowest BCUT2D eigenvalue weighted by atomic mass is 10.2. The molecule has 0 aliphatic heterocycles. The quantitative estimate of drug-likeness (QED) is 0.777. The molecule has 0 spiro atoms. The number of terminal acetylenes is 1. The predicted molar refractivity (Wildman–Crippen MR) is 71.3 cm³/mol. The van der Waals surface area contributed by atoms with Crippen LogP contribution in [0.5, 0.6) is 0 Å². The van der Waals surface area contributed by atoms with Crippen molar-refractivity contribution in [3.8, 4) is 12.3 Å². The van der Waals surface area contributed by atoms with Crippen LogP contribution in [0.3, 0.4) is 0 Å². The second-order valence-corrected chi connectivity index (χ2v) is 6.06. The third-order valence-electron chi connectivity index (χ3n) is 2.58. The van der Waals surface area contributed by atoms with E-state index in [9.17, 15) is 26.4 Å². The maximum absolute atomic E-state index is 12.6. The number of halogens is 3. The number of sulfonamides is 1. The number of alkyl halides is 3. The minimum Gasteiger partial charge on any atom is -0.481 e. The zero-order chi connectivity index (χ0) is 17.0. The molecule has 1 aromatic carbocycles. The topological polar surface area (TPSA) is 83.5 Å². The van der Waals surface area contributed by atoms with Gasteiger partial charge in [-0.25, -0.2) is 13.1 Å². The van der Waals surface area contributed by atoms with Gasteiger partial charge in [-0.1, -0.05) is 6.07 Å². The van der Waals surface area contributed by atoms with Crippen LogP contribution in [0, 0.1) is 12.3 Å². The number of rotatable bonds is 6. The Morgan fingerprint density at radius 2 is 2.05 bits per heavy atom. The van der Waals surface area contributed by atoms with Crippen LogP contribution in [-0.2, 0) is 21.0 Å². The fourth-order valence-corrected chi connectivity index (χ4v) is 2.92. The molecule has 1 rings (SSSR count). The number of hydrogen-bond donors (Lipinski definition) is 2. The van der Waals surface area contributed by atoms with Crippen LogP contribution in [0.15, 0.2) is 29.2 Å². The van der Waals surface area contributed by atoms with Crippen LogP contribution < -0.4 is 4.72 Å². The first kappa shape index (κ1) is 18.0. The van der Waals surface area contributed by atoms with Crippen molar-refractivity contribution >= 4 is 16.0 Å². The molecule has 0 aliphatic carbocycles. The maximum atomic E-state index is 12.6. The molecule has 22 heavy (non-hydrogen) atoms. The zero-order valence-corrected chi connectivity index (χ0v) is 11.9. The van der Waals surface area contributed by atoms with E-state index in [1.165, 1.54) is 0 Å². The van der Waals surface area contributed by atoms with Crippen LogP contribution in [0.1, 0.15) is 18.4 Å². The van der Waals surface area contributed by atoms with Crippen molar-refractivity contribution in [1.82, 2.24) is 4.72 Å². The molecule has 0 heterocycles. The first-order valence-corrected chi connectivity index (χ1v) is 7.39. The zero-order valence-electron chi connectivity index (χ0n) is 11.1. The van der Waals surface area contributed by atoms with Gasteiger partial charge in [0, 0.05) is 12.5 Å². The molecule has 0 radical (unpaired) electrons. The minimum absolute atomic E-state index is 0.204. The van der Waals surface area contributed by atoms with Crippen LogP contribution in [0.2, 0.25) is 0 Å². The van der Waals surface area contributed by atoms with Crippen molar-refractivity contribution < 1.29 is 31.5 Å².